The van der Waals surface area contributed by atoms with Gasteiger partial charge in [-0.2, -0.15) is 0 Å². The maximum Gasteiger partial charge on any atom is 0.335 e. The molecule has 6 nitrogen and oxygen atoms in total. The van der Waals surface area contributed by atoms with Crippen molar-refractivity contribution in [2.45, 2.75) is 38.8 Å². The number of aromatic carboxylic acids is 1. The Morgan fingerprint density at radius 1 is 1.50 bits per heavy atom. The molecule has 0 unspecified atom stereocenters. The summed E-state index contributed by atoms with van der Waals surface area (Å²) in [6.45, 7) is 5.07. The molecule has 20 heavy (non-hydrogen) atoms. The van der Waals surface area contributed by atoms with Crippen LogP contribution in [0.4, 0.5) is 4.79 Å². The van der Waals surface area contributed by atoms with Crippen LogP contribution in [-0.2, 0) is 6.54 Å². The first-order valence-electron chi connectivity index (χ1n) is 6.64. The Morgan fingerprint density at radius 2 is 2.25 bits per heavy atom. The first-order valence-corrected chi connectivity index (χ1v) is 6.64. The van der Waals surface area contributed by atoms with Crippen LogP contribution in [0.5, 0.6) is 0 Å². The highest BCUT2D eigenvalue weighted by atomic mass is 16.4. The molecule has 2 heterocycles. The molecule has 1 aromatic rings. The van der Waals surface area contributed by atoms with E-state index in [-0.39, 0.29) is 23.7 Å². The average molecular weight is 277 g/mol. The van der Waals surface area contributed by atoms with Gasteiger partial charge in [-0.05, 0) is 38.8 Å². The molecule has 2 N–H and O–H groups in total. The largest absolute Gasteiger partial charge is 0.478 e. The van der Waals surface area contributed by atoms with Gasteiger partial charge in [-0.15, -0.1) is 0 Å². The summed E-state index contributed by atoms with van der Waals surface area (Å²) in [7, 11) is 0. The van der Waals surface area contributed by atoms with E-state index in [4.69, 9.17) is 5.11 Å². The van der Waals surface area contributed by atoms with Crippen LogP contribution in [0.1, 0.15) is 42.7 Å². The van der Waals surface area contributed by atoms with Crippen molar-refractivity contribution < 1.29 is 14.7 Å². The highest BCUT2D eigenvalue weighted by Gasteiger charge is 2.35. The predicted octanol–water partition coefficient (Wildman–Crippen LogP) is 1.86. The van der Waals surface area contributed by atoms with Crippen molar-refractivity contribution in [3.63, 3.8) is 0 Å². The smallest absolute Gasteiger partial charge is 0.335 e. The average Bonchev–Trinajstić information content (AvgIpc) is 2.76. The standard InChI is InChI=1S/C14H19N3O3/c1-14(2)5-3-7-17(14)13(20)16-9-11-8-10(12(18)19)4-6-15-11/h4,6,8H,3,5,7,9H2,1-2H3,(H,16,20)(H,18,19). The van der Waals surface area contributed by atoms with Gasteiger partial charge in [-0.1, -0.05) is 0 Å². The molecule has 1 aliphatic heterocycles. The van der Waals surface area contributed by atoms with Crippen molar-refractivity contribution >= 4 is 12.0 Å². The Bertz CT molecular complexity index is 528. The summed E-state index contributed by atoms with van der Waals surface area (Å²) in [5.41, 5.74) is 0.585. The first-order chi connectivity index (χ1) is 9.40. The summed E-state index contributed by atoms with van der Waals surface area (Å²) in [6, 6.07) is 2.77. The number of carboxylic acid groups (broad SMARTS) is 1. The fourth-order valence-electron chi connectivity index (χ4n) is 2.45. The molecule has 1 aromatic heterocycles. The van der Waals surface area contributed by atoms with Gasteiger partial charge in [0.05, 0.1) is 17.8 Å². The summed E-state index contributed by atoms with van der Waals surface area (Å²) in [5.74, 6) is -0.999. The molecular formula is C14H19N3O3. The number of pyridine rings is 1. The van der Waals surface area contributed by atoms with Crippen LogP contribution in [0, 0.1) is 0 Å². The van der Waals surface area contributed by atoms with E-state index in [2.05, 4.69) is 10.3 Å². The zero-order valence-corrected chi connectivity index (χ0v) is 11.7. The summed E-state index contributed by atoms with van der Waals surface area (Å²) in [4.78, 5) is 28.9. The summed E-state index contributed by atoms with van der Waals surface area (Å²) in [6.07, 6.45) is 3.44. The third-order valence-electron chi connectivity index (χ3n) is 3.63. The van der Waals surface area contributed by atoms with Crippen molar-refractivity contribution in [3.8, 4) is 0 Å². The van der Waals surface area contributed by atoms with Crippen molar-refractivity contribution in [1.82, 2.24) is 15.2 Å². The maximum atomic E-state index is 12.1. The topological polar surface area (TPSA) is 82.5 Å². The second-order valence-corrected chi connectivity index (χ2v) is 5.57. The van der Waals surface area contributed by atoms with Gasteiger partial charge >= 0.3 is 12.0 Å². The molecule has 0 radical (unpaired) electrons. The van der Waals surface area contributed by atoms with Crippen LogP contribution in [0.3, 0.4) is 0 Å². The fraction of sp³-hybridized carbons (Fsp3) is 0.500. The van der Waals surface area contributed by atoms with E-state index in [1.165, 1.54) is 18.3 Å². The zero-order valence-electron chi connectivity index (χ0n) is 11.7. The van der Waals surface area contributed by atoms with E-state index >= 15 is 0 Å². The molecule has 2 rings (SSSR count). The zero-order chi connectivity index (χ0) is 14.8. The van der Waals surface area contributed by atoms with E-state index in [1.54, 1.807) is 0 Å². The minimum absolute atomic E-state index is 0.125. The molecule has 0 bridgehead atoms. The van der Waals surface area contributed by atoms with E-state index < -0.39 is 5.97 Å². The van der Waals surface area contributed by atoms with Gasteiger partial charge in [0, 0.05) is 18.3 Å². The third kappa shape index (κ3) is 3.07. The van der Waals surface area contributed by atoms with Gasteiger partial charge in [-0.3, -0.25) is 4.98 Å². The Balaban J connectivity index is 1.97. The third-order valence-corrected chi connectivity index (χ3v) is 3.63. The van der Waals surface area contributed by atoms with E-state index in [9.17, 15) is 9.59 Å². The highest BCUT2D eigenvalue weighted by molar-refractivity contribution is 5.87. The van der Waals surface area contributed by atoms with Crippen molar-refractivity contribution in [2.75, 3.05) is 6.54 Å². The van der Waals surface area contributed by atoms with Gasteiger partial charge in [0.2, 0.25) is 0 Å². The van der Waals surface area contributed by atoms with Crippen molar-refractivity contribution in [3.05, 3.63) is 29.6 Å². The lowest BCUT2D eigenvalue weighted by Gasteiger charge is -2.31. The number of urea groups is 1. The number of hydrogen-bond donors (Lipinski definition) is 2. The summed E-state index contributed by atoms with van der Waals surface area (Å²) >= 11 is 0. The Hall–Kier alpha value is -2.11. The number of hydrogen-bond acceptors (Lipinski definition) is 3. The predicted molar refractivity (Wildman–Crippen MR) is 73.5 cm³/mol. The van der Waals surface area contributed by atoms with E-state index in [0.29, 0.717) is 5.69 Å². The van der Waals surface area contributed by atoms with Crippen LogP contribution >= 0.6 is 0 Å². The lowest BCUT2D eigenvalue weighted by atomic mass is 10.0. The van der Waals surface area contributed by atoms with Crippen LogP contribution < -0.4 is 5.32 Å². The van der Waals surface area contributed by atoms with Gasteiger partial charge < -0.3 is 15.3 Å². The number of likely N-dealkylation sites (tertiary alicyclic amines) is 1. The summed E-state index contributed by atoms with van der Waals surface area (Å²) in [5, 5.41) is 11.7. The molecule has 0 aliphatic carbocycles. The Labute approximate surface area is 117 Å². The molecule has 6 heteroatoms. The second-order valence-electron chi connectivity index (χ2n) is 5.57. The second kappa shape index (κ2) is 5.48. The minimum atomic E-state index is -0.999. The summed E-state index contributed by atoms with van der Waals surface area (Å²) < 4.78 is 0. The molecule has 0 aromatic carbocycles. The maximum absolute atomic E-state index is 12.1. The van der Waals surface area contributed by atoms with Gasteiger partial charge in [0.25, 0.3) is 0 Å². The number of nitrogens with one attached hydrogen (secondary N) is 1. The molecule has 2 amide bonds. The molecular weight excluding hydrogens is 258 g/mol. The van der Waals surface area contributed by atoms with Crippen molar-refractivity contribution in [2.24, 2.45) is 0 Å². The SMILES string of the molecule is CC1(C)CCCN1C(=O)NCc1cc(C(=O)O)ccn1. The highest BCUT2D eigenvalue weighted by Crippen LogP contribution is 2.27. The number of amides is 2. The molecule has 108 valence electrons. The van der Waals surface area contributed by atoms with Crippen LogP contribution in [0.25, 0.3) is 0 Å². The molecule has 1 saturated heterocycles. The van der Waals surface area contributed by atoms with Gasteiger partial charge in [-0.25, -0.2) is 9.59 Å². The molecule has 1 fully saturated rings. The van der Waals surface area contributed by atoms with Gasteiger partial charge in [0.1, 0.15) is 0 Å². The van der Waals surface area contributed by atoms with Crippen molar-refractivity contribution in [1.29, 1.82) is 0 Å². The lowest BCUT2D eigenvalue weighted by molar-refractivity contribution is 0.0696. The van der Waals surface area contributed by atoms with Crippen LogP contribution in [0.15, 0.2) is 18.3 Å². The minimum Gasteiger partial charge on any atom is -0.478 e. The number of carboxylic acids is 1. The normalized spacial score (nSPS) is 17.0. The Morgan fingerprint density at radius 3 is 2.85 bits per heavy atom. The van der Waals surface area contributed by atoms with Crippen LogP contribution in [-0.4, -0.2) is 39.1 Å². The quantitative estimate of drug-likeness (QED) is 0.883. The monoisotopic (exact) mass is 277 g/mol. The van der Waals surface area contributed by atoms with Gasteiger partial charge in [0.15, 0.2) is 0 Å². The Kier molecular flexibility index (Phi) is 3.92. The number of aromatic nitrogens is 1. The molecule has 0 atom stereocenters. The number of carbonyl (C=O) groups excluding carboxylic acids is 1. The molecule has 1 aliphatic rings. The fourth-order valence-corrected chi connectivity index (χ4v) is 2.45. The lowest BCUT2D eigenvalue weighted by Crippen LogP contribution is -2.47. The van der Waals surface area contributed by atoms with E-state index in [1.807, 2.05) is 18.7 Å². The van der Waals surface area contributed by atoms with E-state index in [0.717, 1.165) is 19.4 Å². The number of nitrogens with zero attached hydrogens (tertiary/aromatic N) is 2. The molecule has 0 saturated carbocycles. The first kappa shape index (κ1) is 14.3. The molecule has 0 spiro atoms. The number of rotatable bonds is 3. The number of carbonyl (C=O) groups is 2. The van der Waals surface area contributed by atoms with Crippen LogP contribution in [0.2, 0.25) is 0 Å².